The van der Waals surface area contributed by atoms with Crippen LogP contribution in [0.15, 0.2) is 47.4 Å². The number of hydrogen-bond acceptors (Lipinski definition) is 2. The van der Waals surface area contributed by atoms with Crippen molar-refractivity contribution < 1.29 is 8.60 Å². The molecule has 0 fully saturated rings. The number of nitrogen functional groups attached to an aromatic ring is 1. The molecule has 2 N–H and O–H groups in total. The molecule has 94 valence electrons. The van der Waals surface area contributed by atoms with Crippen LogP contribution in [0.3, 0.4) is 0 Å². The van der Waals surface area contributed by atoms with Gasteiger partial charge in [0, 0.05) is 10.6 Å². The zero-order valence-corrected chi connectivity index (χ0v) is 10.8. The fourth-order valence-corrected chi connectivity index (χ4v) is 2.93. The second-order valence-corrected chi connectivity index (χ2v) is 5.53. The molecule has 0 saturated heterocycles. The second kappa shape index (κ2) is 5.31. The molecular weight excluding hydrogens is 249 g/mol. The van der Waals surface area contributed by atoms with E-state index in [0.29, 0.717) is 16.3 Å². The monoisotopic (exact) mass is 263 g/mol. The van der Waals surface area contributed by atoms with E-state index in [1.54, 1.807) is 12.1 Å². The normalized spacial score (nSPS) is 12.3. The highest BCUT2D eigenvalue weighted by molar-refractivity contribution is 7.84. The largest absolute Gasteiger partial charge is 0.399 e. The standard InChI is InChI=1S/C14H14FNOS/c1-10-11(4-2-7-14(10)16)9-18(17)13-6-3-5-12(15)8-13/h2-8H,9,16H2,1H3. The molecule has 0 aromatic heterocycles. The van der Waals surface area contributed by atoms with Crippen LogP contribution in [0.5, 0.6) is 0 Å². The van der Waals surface area contributed by atoms with Crippen molar-refractivity contribution in [2.24, 2.45) is 0 Å². The van der Waals surface area contributed by atoms with E-state index in [1.807, 2.05) is 25.1 Å². The van der Waals surface area contributed by atoms with Crippen LogP contribution >= 0.6 is 0 Å². The Hall–Kier alpha value is -1.68. The lowest BCUT2D eigenvalue weighted by atomic mass is 10.1. The van der Waals surface area contributed by atoms with Gasteiger partial charge in [-0.2, -0.15) is 0 Å². The third kappa shape index (κ3) is 2.76. The lowest BCUT2D eigenvalue weighted by Gasteiger charge is -2.08. The van der Waals surface area contributed by atoms with Crippen molar-refractivity contribution in [3.8, 4) is 0 Å². The first-order chi connectivity index (χ1) is 8.58. The Morgan fingerprint density at radius 3 is 2.67 bits per heavy atom. The maximum Gasteiger partial charge on any atom is 0.124 e. The highest BCUT2D eigenvalue weighted by Crippen LogP contribution is 2.20. The lowest BCUT2D eigenvalue weighted by molar-refractivity contribution is 0.622. The molecule has 2 aromatic rings. The van der Waals surface area contributed by atoms with Gasteiger partial charge >= 0.3 is 0 Å². The summed E-state index contributed by atoms with van der Waals surface area (Å²) in [4.78, 5) is 0.497. The SMILES string of the molecule is Cc1c(N)cccc1CS(=O)c1cccc(F)c1. The molecule has 2 rings (SSSR count). The molecule has 18 heavy (non-hydrogen) atoms. The van der Waals surface area contributed by atoms with Crippen LogP contribution in [0, 0.1) is 12.7 Å². The van der Waals surface area contributed by atoms with Crippen molar-refractivity contribution in [1.82, 2.24) is 0 Å². The second-order valence-electron chi connectivity index (χ2n) is 4.08. The summed E-state index contributed by atoms with van der Waals surface area (Å²) >= 11 is 0. The van der Waals surface area contributed by atoms with Gasteiger partial charge < -0.3 is 5.73 Å². The van der Waals surface area contributed by atoms with Gasteiger partial charge in [-0.1, -0.05) is 18.2 Å². The first-order valence-corrected chi connectivity index (χ1v) is 6.87. The summed E-state index contributed by atoms with van der Waals surface area (Å²) in [5, 5.41) is 0. The minimum absolute atomic E-state index is 0.348. The van der Waals surface area contributed by atoms with Crippen LogP contribution in [0.1, 0.15) is 11.1 Å². The summed E-state index contributed by atoms with van der Waals surface area (Å²) in [5.41, 5.74) is 8.35. The van der Waals surface area contributed by atoms with Crippen molar-refractivity contribution in [2.75, 3.05) is 5.73 Å². The molecule has 0 spiro atoms. The Balaban J connectivity index is 2.24. The molecule has 1 unspecified atom stereocenters. The maximum atomic E-state index is 13.1. The number of nitrogens with two attached hydrogens (primary N) is 1. The van der Waals surface area contributed by atoms with Crippen LogP contribution < -0.4 is 5.73 Å². The Morgan fingerprint density at radius 2 is 1.94 bits per heavy atom. The smallest absolute Gasteiger partial charge is 0.124 e. The van der Waals surface area contributed by atoms with Gasteiger partial charge in [0.1, 0.15) is 5.82 Å². The van der Waals surface area contributed by atoms with Crippen molar-refractivity contribution in [1.29, 1.82) is 0 Å². The zero-order chi connectivity index (χ0) is 13.1. The Kier molecular flexibility index (Phi) is 3.77. The van der Waals surface area contributed by atoms with Gasteiger partial charge in [-0.15, -0.1) is 0 Å². The predicted octanol–water partition coefficient (Wildman–Crippen LogP) is 3.02. The predicted molar refractivity (Wildman–Crippen MR) is 72.1 cm³/mol. The number of anilines is 1. The molecule has 0 heterocycles. The van der Waals surface area contributed by atoms with Gasteiger partial charge in [0.2, 0.25) is 0 Å². The summed E-state index contributed by atoms with van der Waals surface area (Å²) < 4.78 is 25.2. The van der Waals surface area contributed by atoms with E-state index in [1.165, 1.54) is 12.1 Å². The van der Waals surface area contributed by atoms with Gasteiger partial charge in [-0.05, 0) is 42.3 Å². The number of hydrogen-bond donors (Lipinski definition) is 1. The van der Waals surface area contributed by atoms with Crippen molar-refractivity contribution in [2.45, 2.75) is 17.6 Å². The first kappa shape index (κ1) is 12.8. The van der Waals surface area contributed by atoms with Crippen molar-refractivity contribution in [3.63, 3.8) is 0 Å². The molecule has 1 atom stereocenters. The quantitative estimate of drug-likeness (QED) is 0.865. The summed E-state index contributed by atoms with van der Waals surface area (Å²) in [7, 11) is -1.26. The van der Waals surface area contributed by atoms with E-state index in [2.05, 4.69) is 0 Å². The number of halogens is 1. The van der Waals surface area contributed by atoms with Crippen LogP contribution in [-0.4, -0.2) is 4.21 Å². The van der Waals surface area contributed by atoms with Crippen molar-refractivity contribution >= 4 is 16.5 Å². The van der Waals surface area contributed by atoms with Crippen LogP contribution in [0.2, 0.25) is 0 Å². The molecule has 0 aliphatic heterocycles. The average Bonchev–Trinajstić information content (AvgIpc) is 2.35. The minimum Gasteiger partial charge on any atom is -0.399 e. The van der Waals surface area contributed by atoms with Gasteiger partial charge in [0.15, 0.2) is 0 Å². The Bertz CT molecular complexity index is 598. The highest BCUT2D eigenvalue weighted by atomic mass is 32.2. The third-order valence-corrected chi connectivity index (χ3v) is 4.19. The Morgan fingerprint density at radius 1 is 1.22 bits per heavy atom. The van der Waals surface area contributed by atoms with E-state index >= 15 is 0 Å². The van der Waals surface area contributed by atoms with Gasteiger partial charge in [-0.3, -0.25) is 4.21 Å². The van der Waals surface area contributed by atoms with E-state index in [4.69, 9.17) is 5.73 Å². The number of rotatable bonds is 3. The topological polar surface area (TPSA) is 43.1 Å². The summed E-state index contributed by atoms with van der Waals surface area (Å²) in [6, 6.07) is 11.4. The van der Waals surface area contributed by atoms with Crippen LogP contribution in [0.4, 0.5) is 10.1 Å². The third-order valence-electron chi connectivity index (χ3n) is 2.83. The Labute approximate surface area is 108 Å². The molecule has 0 aliphatic carbocycles. The van der Waals surface area contributed by atoms with Crippen LogP contribution in [0.25, 0.3) is 0 Å². The molecule has 0 saturated carbocycles. The molecule has 4 heteroatoms. The van der Waals surface area contributed by atoms with E-state index in [9.17, 15) is 8.60 Å². The summed E-state index contributed by atoms with van der Waals surface area (Å²) in [5.74, 6) is -0.0227. The lowest BCUT2D eigenvalue weighted by Crippen LogP contribution is -2.01. The van der Waals surface area contributed by atoms with E-state index in [0.717, 1.165) is 11.1 Å². The van der Waals surface area contributed by atoms with Gasteiger partial charge in [0.05, 0.1) is 16.6 Å². The fraction of sp³-hybridized carbons (Fsp3) is 0.143. The molecular formula is C14H14FNOS. The first-order valence-electron chi connectivity index (χ1n) is 5.56. The average molecular weight is 263 g/mol. The van der Waals surface area contributed by atoms with Crippen LogP contribution in [-0.2, 0) is 16.6 Å². The molecule has 2 aromatic carbocycles. The molecule has 0 aliphatic rings. The summed E-state index contributed by atoms with van der Waals surface area (Å²) in [6.45, 7) is 1.90. The maximum absolute atomic E-state index is 13.1. The molecule has 0 bridgehead atoms. The highest BCUT2D eigenvalue weighted by Gasteiger charge is 2.09. The van der Waals surface area contributed by atoms with Crippen molar-refractivity contribution in [3.05, 3.63) is 59.4 Å². The molecule has 0 amide bonds. The molecule has 0 radical (unpaired) electrons. The zero-order valence-electron chi connectivity index (χ0n) is 10.0. The summed E-state index contributed by atoms with van der Waals surface area (Å²) in [6.07, 6.45) is 0. The van der Waals surface area contributed by atoms with E-state index < -0.39 is 10.8 Å². The van der Waals surface area contributed by atoms with Gasteiger partial charge in [-0.25, -0.2) is 4.39 Å². The minimum atomic E-state index is -1.26. The van der Waals surface area contributed by atoms with E-state index in [-0.39, 0.29) is 5.82 Å². The number of benzene rings is 2. The molecule has 2 nitrogen and oxygen atoms in total. The fourth-order valence-electron chi connectivity index (χ4n) is 1.69. The van der Waals surface area contributed by atoms with Gasteiger partial charge in [0.25, 0.3) is 0 Å².